The van der Waals surface area contributed by atoms with E-state index >= 15 is 0 Å². The molecule has 0 bridgehead atoms. The second kappa shape index (κ2) is 6.98. The van der Waals surface area contributed by atoms with Gasteiger partial charge in [-0.15, -0.1) is 0 Å². The van der Waals surface area contributed by atoms with Crippen LogP contribution in [0, 0.1) is 0 Å². The van der Waals surface area contributed by atoms with Crippen molar-refractivity contribution in [2.75, 3.05) is 26.0 Å². The predicted octanol–water partition coefficient (Wildman–Crippen LogP) is 2.40. The van der Waals surface area contributed by atoms with Crippen molar-refractivity contribution in [1.82, 2.24) is 4.90 Å². The number of amides is 2. The first-order valence-corrected chi connectivity index (χ1v) is 6.30. The highest BCUT2D eigenvalue weighted by atomic mass is 79.9. The molecule has 0 heterocycles. The van der Waals surface area contributed by atoms with E-state index < -0.39 is 12.0 Å². The lowest BCUT2D eigenvalue weighted by molar-refractivity contribution is -0.137. The number of nitrogens with one attached hydrogen (secondary N) is 1. The van der Waals surface area contributed by atoms with E-state index in [0.29, 0.717) is 11.4 Å². The summed E-state index contributed by atoms with van der Waals surface area (Å²) in [6.07, 6.45) is -0.0977. The zero-order valence-corrected chi connectivity index (χ0v) is 12.2. The van der Waals surface area contributed by atoms with E-state index in [1.54, 1.807) is 18.2 Å². The molecule has 0 spiro atoms. The molecular formula is C12H15BrN2O4. The van der Waals surface area contributed by atoms with Crippen molar-refractivity contribution < 1.29 is 19.4 Å². The van der Waals surface area contributed by atoms with Gasteiger partial charge in [-0.25, -0.2) is 4.79 Å². The van der Waals surface area contributed by atoms with Gasteiger partial charge in [0.25, 0.3) is 0 Å². The largest absolute Gasteiger partial charge is 0.495 e. The van der Waals surface area contributed by atoms with E-state index in [1.165, 1.54) is 19.1 Å². The molecular weight excluding hydrogens is 316 g/mol. The molecule has 1 aromatic rings. The molecule has 0 unspecified atom stereocenters. The van der Waals surface area contributed by atoms with Gasteiger partial charge in [0.05, 0.1) is 19.2 Å². The molecule has 0 aliphatic heterocycles. The maximum absolute atomic E-state index is 11.9. The molecule has 0 saturated carbocycles. The van der Waals surface area contributed by atoms with E-state index in [2.05, 4.69) is 21.2 Å². The summed E-state index contributed by atoms with van der Waals surface area (Å²) in [5.41, 5.74) is 0.518. The number of carbonyl (C=O) groups excluding carboxylic acids is 1. The molecule has 6 nitrogen and oxygen atoms in total. The lowest BCUT2D eigenvalue weighted by atomic mass is 10.3. The van der Waals surface area contributed by atoms with Crippen molar-refractivity contribution in [2.45, 2.75) is 6.42 Å². The lowest BCUT2D eigenvalue weighted by Crippen LogP contribution is -2.33. The van der Waals surface area contributed by atoms with Gasteiger partial charge in [-0.3, -0.25) is 4.79 Å². The molecule has 0 aliphatic rings. The van der Waals surface area contributed by atoms with E-state index in [1.807, 2.05) is 0 Å². The number of hydrogen-bond acceptors (Lipinski definition) is 3. The van der Waals surface area contributed by atoms with Gasteiger partial charge >= 0.3 is 12.0 Å². The number of benzene rings is 1. The number of carboxylic acid groups (broad SMARTS) is 1. The zero-order valence-electron chi connectivity index (χ0n) is 10.6. The van der Waals surface area contributed by atoms with Gasteiger partial charge in [0.2, 0.25) is 0 Å². The van der Waals surface area contributed by atoms with Crippen LogP contribution < -0.4 is 10.1 Å². The van der Waals surface area contributed by atoms with Crippen LogP contribution in [0.3, 0.4) is 0 Å². The normalized spacial score (nSPS) is 9.84. The quantitative estimate of drug-likeness (QED) is 0.868. The summed E-state index contributed by atoms with van der Waals surface area (Å²) in [4.78, 5) is 23.6. The SMILES string of the molecule is COc1ccc(Br)cc1NC(=O)N(C)CCC(=O)O. The summed E-state index contributed by atoms with van der Waals surface area (Å²) in [5, 5.41) is 11.2. The van der Waals surface area contributed by atoms with Gasteiger partial charge in [0.15, 0.2) is 0 Å². The number of rotatable bonds is 5. The number of ether oxygens (including phenoxy) is 1. The van der Waals surface area contributed by atoms with Crippen molar-refractivity contribution in [3.8, 4) is 5.75 Å². The first-order chi connectivity index (χ1) is 8.93. The zero-order chi connectivity index (χ0) is 14.4. The molecule has 0 radical (unpaired) electrons. The van der Waals surface area contributed by atoms with Crippen molar-refractivity contribution in [3.63, 3.8) is 0 Å². The Balaban J connectivity index is 2.70. The highest BCUT2D eigenvalue weighted by molar-refractivity contribution is 9.10. The summed E-state index contributed by atoms with van der Waals surface area (Å²) in [5.74, 6) is -0.414. The molecule has 0 atom stereocenters. The number of carboxylic acids is 1. The van der Waals surface area contributed by atoms with Crippen molar-refractivity contribution >= 4 is 33.6 Å². The van der Waals surface area contributed by atoms with E-state index in [4.69, 9.17) is 9.84 Å². The van der Waals surface area contributed by atoms with Gasteiger partial charge in [0, 0.05) is 18.1 Å². The second-order valence-electron chi connectivity index (χ2n) is 3.84. The van der Waals surface area contributed by atoms with Crippen LogP contribution in [0.5, 0.6) is 5.75 Å². The van der Waals surface area contributed by atoms with Crippen LogP contribution in [0.25, 0.3) is 0 Å². The van der Waals surface area contributed by atoms with Gasteiger partial charge in [-0.05, 0) is 18.2 Å². The van der Waals surface area contributed by atoms with E-state index in [-0.39, 0.29) is 13.0 Å². The van der Waals surface area contributed by atoms with Crippen LogP contribution in [0.1, 0.15) is 6.42 Å². The topological polar surface area (TPSA) is 78.9 Å². The molecule has 0 saturated heterocycles. The van der Waals surface area contributed by atoms with Crippen LogP contribution in [-0.2, 0) is 4.79 Å². The fraction of sp³-hybridized carbons (Fsp3) is 0.333. The first-order valence-electron chi connectivity index (χ1n) is 5.51. The summed E-state index contributed by atoms with van der Waals surface area (Å²) < 4.78 is 5.93. The van der Waals surface area contributed by atoms with Crippen LogP contribution in [0.2, 0.25) is 0 Å². The Morgan fingerprint density at radius 1 is 1.47 bits per heavy atom. The summed E-state index contributed by atoms with van der Waals surface area (Å²) in [6, 6.07) is 4.83. The number of hydrogen-bond donors (Lipinski definition) is 2. The molecule has 0 fully saturated rings. The maximum Gasteiger partial charge on any atom is 0.321 e. The molecule has 1 aromatic carbocycles. The van der Waals surface area contributed by atoms with Crippen molar-refractivity contribution in [2.24, 2.45) is 0 Å². The van der Waals surface area contributed by atoms with Crippen LogP contribution in [-0.4, -0.2) is 42.7 Å². The van der Waals surface area contributed by atoms with Crippen molar-refractivity contribution in [3.05, 3.63) is 22.7 Å². The van der Waals surface area contributed by atoms with Crippen molar-refractivity contribution in [1.29, 1.82) is 0 Å². The molecule has 2 amide bonds. The predicted molar refractivity (Wildman–Crippen MR) is 74.6 cm³/mol. The Bertz CT molecular complexity index is 479. The molecule has 1 rings (SSSR count). The van der Waals surface area contributed by atoms with Crippen LogP contribution >= 0.6 is 15.9 Å². The molecule has 7 heteroatoms. The van der Waals surface area contributed by atoms with Gasteiger partial charge < -0.3 is 20.1 Å². The second-order valence-corrected chi connectivity index (χ2v) is 4.76. The highest BCUT2D eigenvalue weighted by Gasteiger charge is 2.13. The summed E-state index contributed by atoms with van der Waals surface area (Å²) in [6.45, 7) is 0.136. The number of halogens is 1. The Morgan fingerprint density at radius 2 is 2.16 bits per heavy atom. The maximum atomic E-state index is 11.9. The lowest BCUT2D eigenvalue weighted by Gasteiger charge is -2.18. The average Bonchev–Trinajstić information content (AvgIpc) is 2.36. The summed E-state index contributed by atoms with van der Waals surface area (Å²) >= 11 is 3.30. The molecule has 104 valence electrons. The fourth-order valence-corrected chi connectivity index (χ4v) is 1.71. The number of methoxy groups -OCH3 is 1. The Hall–Kier alpha value is -1.76. The third-order valence-electron chi connectivity index (χ3n) is 2.41. The first kappa shape index (κ1) is 15.3. The Kier molecular flexibility index (Phi) is 5.62. The van der Waals surface area contributed by atoms with E-state index in [9.17, 15) is 9.59 Å². The van der Waals surface area contributed by atoms with E-state index in [0.717, 1.165) is 4.47 Å². The van der Waals surface area contributed by atoms with Gasteiger partial charge in [-0.1, -0.05) is 15.9 Å². The fourth-order valence-electron chi connectivity index (χ4n) is 1.35. The van der Waals surface area contributed by atoms with Crippen LogP contribution in [0.4, 0.5) is 10.5 Å². The monoisotopic (exact) mass is 330 g/mol. The number of nitrogens with zero attached hydrogens (tertiary/aromatic N) is 1. The smallest absolute Gasteiger partial charge is 0.321 e. The minimum absolute atomic E-state index is 0.0977. The molecule has 2 N–H and O–H groups in total. The number of urea groups is 1. The van der Waals surface area contributed by atoms with Gasteiger partial charge in [-0.2, -0.15) is 0 Å². The third-order valence-corrected chi connectivity index (χ3v) is 2.90. The average molecular weight is 331 g/mol. The number of aliphatic carboxylic acids is 1. The third kappa shape index (κ3) is 4.78. The standard InChI is InChI=1S/C12H15BrN2O4/c1-15(6-5-11(16)17)12(18)14-9-7-8(13)3-4-10(9)19-2/h3-4,7H,5-6H2,1-2H3,(H,14,18)(H,16,17). The van der Waals surface area contributed by atoms with Gasteiger partial charge in [0.1, 0.15) is 5.75 Å². The minimum Gasteiger partial charge on any atom is -0.495 e. The molecule has 19 heavy (non-hydrogen) atoms. The molecule has 0 aromatic heterocycles. The summed E-state index contributed by atoms with van der Waals surface area (Å²) in [7, 11) is 3.04. The Morgan fingerprint density at radius 3 is 2.74 bits per heavy atom. The highest BCUT2D eigenvalue weighted by Crippen LogP contribution is 2.28. The molecule has 0 aliphatic carbocycles. The number of anilines is 1. The van der Waals surface area contributed by atoms with Crippen LogP contribution in [0.15, 0.2) is 22.7 Å². The Labute approximate surface area is 119 Å². The minimum atomic E-state index is -0.945. The number of carbonyl (C=O) groups is 2.